The number of aliphatic hydroxyl groups excluding tert-OH is 1. The molecule has 21 heavy (non-hydrogen) atoms. The van der Waals surface area contributed by atoms with Crippen molar-refractivity contribution < 1.29 is 9.90 Å². The second-order valence-corrected chi connectivity index (χ2v) is 4.98. The third-order valence-electron chi connectivity index (χ3n) is 3.59. The van der Waals surface area contributed by atoms with Gasteiger partial charge < -0.3 is 10.0 Å². The van der Waals surface area contributed by atoms with Crippen LogP contribution in [0.25, 0.3) is 0 Å². The Morgan fingerprint density at radius 1 is 1.29 bits per heavy atom. The van der Waals surface area contributed by atoms with Crippen molar-refractivity contribution in [2.24, 2.45) is 0 Å². The maximum Gasteiger partial charge on any atom is 0.278 e. The standard InChI is InChI=1S/C15H15N3O3/c19-13-6-3-9-18(12-5-2-1-4-10(12)13)15(21)11-7-8-14(20)17-16-11/h1-2,4-5,7-8,13,19H,3,6,9H2,(H,17,20). The zero-order valence-corrected chi connectivity index (χ0v) is 11.3. The molecule has 1 aromatic carbocycles. The van der Waals surface area contributed by atoms with Gasteiger partial charge in [-0.15, -0.1) is 0 Å². The van der Waals surface area contributed by atoms with E-state index in [1.165, 1.54) is 12.1 Å². The van der Waals surface area contributed by atoms with Crippen molar-refractivity contribution in [3.63, 3.8) is 0 Å². The lowest BCUT2D eigenvalue weighted by Crippen LogP contribution is -2.33. The minimum Gasteiger partial charge on any atom is -0.388 e. The summed E-state index contributed by atoms with van der Waals surface area (Å²) >= 11 is 0. The van der Waals surface area contributed by atoms with Crippen molar-refractivity contribution in [3.8, 4) is 0 Å². The fourth-order valence-electron chi connectivity index (χ4n) is 2.55. The van der Waals surface area contributed by atoms with Crippen LogP contribution >= 0.6 is 0 Å². The molecule has 2 N–H and O–H groups in total. The number of aromatic amines is 1. The minimum atomic E-state index is -0.567. The number of benzene rings is 1. The van der Waals surface area contributed by atoms with Crippen LogP contribution in [0.4, 0.5) is 5.69 Å². The first-order valence-corrected chi connectivity index (χ1v) is 6.81. The molecule has 0 fully saturated rings. The highest BCUT2D eigenvalue weighted by atomic mass is 16.3. The summed E-state index contributed by atoms with van der Waals surface area (Å²) in [6.07, 6.45) is 0.743. The fourth-order valence-corrected chi connectivity index (χ4v) is 2.55. The number of amides is 1. The SMILES string of the molecule is O=C(c1ccc(=O)[nH]n1)N1CCCC(O)c2ccccc21. The molecular weight excluding hydrogens is 270 g/mol. The Morgan fingerprint density at radius 2 is 2.10 bits per heavy atom. The lowest BCUT2D eigenvalue weighted by molar-refractivity contribution is 0.0981. The van der Waals surface area contributed by atoms with Gasteiger partial charge in [0.2, 0.25) is 0 Å². The average molecular weight is 285 g/mol. The van der Waals surface area contributed by atoms with Gasteiger partial charge in [0.15, 0.2) is 0 Å². The van der Waals surface area contributed by atoms with E-state index in [2.05, 4.69) is 10.2 Å². The molecule has 0 saturated heterocycles. The molecule has 1 aliphatic heterocycles. The number of fused-ring (bicyclic) bond motifs is 1. The zero-order valence-electron chi connectivity index (χ0n) is 11.3. The summed E-state index contributed by atoms with van der Waals surface area (Å²) in [6, 6.07) is 10.00. The normalized spacial score (nSPS) is 18.0. The van der Waals surface area contributed by atoms with Gasteiger partial charge in [0.05, 0.1) is 6.10 Å². The second kappa shape index (κ2) is 5.49. The zero-order chi connectivity index (χ0) is 14.8. The number of hydrogen-bond acceptors (Lipinski definition) is 4. The first-order valence-electron chi connectivity index (χ1n) is 6.81. The number of hydrogen-bond donors (Lipinski definition) is 2. The van der Waals surface area contributed by atoms with E-state index in [0.717, 1.165) is 5.56 Å². The number of carbonyl (C=O) groups excluding carboxylic acids is 1. The van der Waals surface area contributed by atoms with Gasteiger partial charge in [-0.05, 0) is 25.0 Å². The van der Waals surface area contributed by atoms with Crippen LogP contribution in [0.2, 0.25) is 0 Å². The number of H-pyrrole nitrogens is 1. The number of nitrogens with zero attached hydrogens (tertiary/aromatic N) is 2. The van der Waals surface area contributed by atoms with Gasteiger partial charge in [-0.3, -0.25) is 9.59 Å². The Balaban J connectivity index is 2.01. The predicted molar refractivity (Wildman–Crippen MR) is 77.2 cm³/mol. The molecule has 1 aromatic heterocycles. The van der Waals surface area contributed by atoms with E-state index < -0.39 is 6.10 Å². The van der Waals surface area contributed by atoms with E-state index in [1.54, 1.807) is 4.90 Å². The largest absolute Gasteiger partial charge is 0.388 e. The summed E-state index contributed by atoms with van der Waals surface area (Å²) in [4.78, 5) is 25.2. The van der Waals surface area contributed by atoms with Crippen LogP contribution in [0.15, 0.2) is 41.2 Å². The molecule has 6 nitrogen and oxygen atoms in total. The van der Waals surface area contributed by atoms with Gasteiger partial charge in [-0.25, -0.2) is 5.10 Å². The maximum atomic E-state index is 12.6. The summed E-state index contributed by atoms with van der Waals surface area (Å²) in [5, 5.41) is 16.2. The van der Waals surface area contributed by atoms with Gasteiger partial charge >= 0.3 is 0 Å². The number of carbonyl (C=O) groups is 1. The maximum absolute atomic E-state index is 12.6. The number of aromatic nitrogens is 2. The summed E-state index contributed by atoms with van der Waals surface area (Å²) < 4.78 is 0. The molecule has 1 amide bonds. The van der Waals surface area contributed by atoms with Crippen molar-refractivity contribution in [2.75, 3.05) is 11.4 Å². The minimum absolute atomic E-state index is 0.181. The number of nitrogens with one attached hydrogen (secondary N) is 1. The number of para-hydroxylation sites is 1. The van der Waals surface area contributed by atoms with E-state index in [4.69, 9.17) is 0 Å². The Bertz CT molecular complexity index is 706. The molecule has 2 heterocycles. The van der Waals surface area contributed by atoms with Gasteiger partial charge in [0, 0.05) is 23.9 Å². The molecule has 1 aliphatic rings. The molecule has 0 radical (unpaired) electrons. The van der Waals surface area contributed by atoms with Crippen molar-refractivity contribution in [1.82, 2.24) is 10.2 Å². The summed E-state index contributed by atoms with van der Waals surface area (Å²) in [7, 11) is 0. The van der Waals surface area contributed by atoms with Gasteiger partial charge in [0.25, 0.3) is 11.5 Å². The predicted octanol–water partition coefficient (Wildman–Crippen LogP) is 1.24. The number of anilines is 1. The van der Waals surface area contributed by atoms with Crippen LogP contribution in [0.3, 0.4) is 0 Å². The van der Waals surface area contributed by atoms with Crippen LogP contribution in [0, 0.1) is 0 Å². The lowest BCUT2D eigenvalue weighted by atomic mass is 10.0. The van der Waals surface area contributed by atoms with Gasteiger partial charge in [0.1, 0.15) is 5.69 Å². The van der Waals surface area contributed by atoms with Gasteiger partial charge in [-0.2, -0.15) is 5.10 Å². The van der Waals surface area contributed by atoms with Crippen molar-refractivity contribution in [3.05, 3.63) is 58.0 Å². The first kappa shape index (κ1) is 13.5. The van der Waals surface area contributed by atoms with E-state index in [0.29, 0.717) is 25.1 Å². The summed E-state index contributed by atoms with van der Waals surface area (Å²) in [5.41, 5.74) is 1.27. The average Bonchev–Trinajstić information content (AvgIpc) is 2.67. The Kier molecular flexibility index (Phi) is 3.53. The molecule has 1 unspecified atom stereocenters. The van der Waals surface area contributed by atoms with Crippen LogP contribution in [-0.4, -0.2) is 27.8 Å². The van der Waals surface area contributed by atoms with Crippen LogP contribution in [0.1, 0.15) is 35.0 Å². The van der Waals surface area contributed by atoms with Crippen molar-refractivity contribution in [1.29, 1.82) is 0 Å². The number of aliphatic hydroxyl groups is 1. The Labute approximate surface area is 121 Å². The fraction of sp³-hybridized carbons (Fsp3) is 0.267. The molecular formula is C15H15N3O3. The van der Waals surface area contributed by atoms with Crippen LogP contribution < -0.4 is 10.5 Å². The highest BCUT2D eigenvalue weighted by Gasteiger charge is 2.26. The van der Waals surface area contributed by atoms with E-state index in [-0.39, 0.29) is 17.2 Å². The summed E-state index contributed by atoms with van der Waals surface area (Å²) in [5.74, 6) is -0.284. The van der Waals surface area contributed by atoms with E-state index in [1.807, 2.05) is 24.3 Å². The molecule has 108 valence electrons. The monoisotopic (exact) mass is 285 g/mol. The van der Waals surface area contributed by atoms with Crippen molar-refractivity contribution >= 4 is 11.6 Å². The third-order valence-corrected chi connectivity index (χ3v) is 3.59. The van der Waals surface area contributed by atoms with Gasteiger partial charge in [-0.1, -0.05) is 18.2 Å². The van der Waals surface area contributed by atoms with E-state index in [9.17, 15) is 14.7 Å². The molecule has 3 rings (SSSR count). The summed E-state index contributed by atoms with van der Waals surface area (Å²) in [6.45, 7) is 0.508. The molecule has 2 aromatic rings. The quantitative estimate of drug-likeness (QED) is 0.825. The smallest absolute Gasteiger partial charge is 0.278 e. The molecule has 0 bridgehead atoms. The van der Waals surface area contributed by atoms with Crippen molar-refractivity contribution in [2.45, 2.75) is 18.9 Å². The molecule has 6 heteroatoms. The highest BCUT2D eigenvalue weighted by molar-refractivity contribution is 6.05. The Hall–Kier alpha value is -2.47. The van der Waals surface area contributed by atoms with E-state index >= 15 is 0 Å². The Morgan fingerprint density at radius 3 is 2.86 bits per heavy atom. The number of rotatable bonds is 1. The van der Waals surface area contributed by atoms with Crippen LogP contribution in [-0.2, 0) is 0 Å². The third kappa shape index (κ3) is 2.57. The molecule has 1 atom stereocenters. The lowest BCUT2D eigenvalue weighted by Gasteiger charge is -2.22. The molecule has 0 aliphatic carbocycles. The first-order chi connectivity index (χ1) is 10.2. The second-order valence-electron chi connectivity index (χ2n) is 4.98. The molecule has 0 spiro atoms. The highest BCUT2D eigenvalue weighted by Crippen LogP contribution is 2.33. The van der Waals surface area contributed by atoms with Crippen LogP contribution in [0.5, 0.6) is 0 Å². The topological polar surface area (TPSA) is 86.3 Å². The molecule has 0 saturated carbocycles.